The molecule has 0 saturated carbocycles. The Morgan fingerprint density at radius 1 is 1.35 bits per heavy atom. The van der Waals surface area contributed by atoms with Gasteiger partial charge in [0.15, 0.2) is 5.12 Å². The van der Waals surface area contributed by atoms with Crippen LogP contribution in [-0.2, 0) is 9.59 Å². The number of hydrogen-bond acceptors (Lipinski definition) is 6. The van der Waals surface area contributed by atoms with E-state index in [0.29, 0.717) is 16.9 Å². The topological polar surface area (TPSA) is 88.8 Å². The molecule has 0 atom stereocenters. The van der Waals surface area contributed by atoms with Crippen molar-refractivity contribution in [1.29, 1.82) is 0 Å². The summed E-state index contributed by atoms with van der Waals surface area (Å²) in [5.41, 5.74) is 0. The van der Waals surface area contributed by atoms with Crippen LogP contribution in [0.4, 0.5) is 0 Å². The summed E-state index contributed by atoms with van der Waals surface area (Å²) in [7, 11) is 0. The normalized spacial score (nSPS) is 10.2. The molecule has 6 nitrogen and oxygen atoms in total. The number of aromatic nitrogens is 1. The highest BCUT2D eigenvalue weighted by Gasteiger charge is 2.11. The molecule has 1 aromatic rings. The van der Waals surface area contributed by atoms with Gasteiger partial charge in [-0.15, -0.1) is 4.73 Å². The van der Waals surface area contributed by atoms with E-state index in [-0.39, 0.29) is 23.3 Å². The lowest BCUT2D eigenvalue weighted by molar-refractivity contribution is -0.145. The molecule has 1 aromatic heterocycles. The van der Waals surface area contributed by atoms with Crippen LogP contribution in [0.25, 0.3) is 0 Å². The van der Waals surface area contributed by atoms with Gasteiger partial charge in [-0.3, -0.25) is 4.79 Å². The Morgan fingerprint density at radius 3 is 2.47 bits per heavy atom. The maximum Gasteiger partial charge on any atom is 0.333 e. The average molecular weight is 259 g/mol. The molecule has 0 bridgehead atoms. The molecule has 0 fully saturated rings. The van der Waals surface area contributed by atoms with Crippen LogP contribution in [0.2, 0.25) is 0 Å². The average Bonchev–Trinajstić information content (AvgIpc) is 2.56. The van der Waals surface area contributed by atoms with Gasteiger partial charge in [0.25, 0.3) is 0 Å². The number of nitrogens with zero attached hydrogens (tertiary/aromatic N) is 1. The first-order valence-corrected chi connectivity index (χ1v) is 5.93. The molecule has 0 saturated heterocycles. The molecule has 94 valence electrons. The Hall–Kier alpha value is -1.63. The smallest absolute Gasteiger partial charge is 0.333 e. The molecule has 7 heteroatoms. The summed E-state index contributed by atoms with van der Waals surface area (Å²) in [6, 6.07) is 2.41. The minimum absolute atomic E-state index is 0.000865. The van der Waals surface area contributed by atoms with Crippen molar-refractivity contribution in [2.75, 3.05) is 5.75 Å². The third-order valence-corrected chi connectivity index (χ3v) is 2.72. The van der Waals surface area contributed by atoms with Crippen molar-refractivity contribution < 1.29 is 24.6 Å². The molecule has 0 aliphatic heterocycles. The van der Waals surface area contributed by atoms with Gasteiger partial charge in [-0.1, -0.05) is 11.8 Å². The lowest BCUT2D eigenvalue weighted by atomic mass is 10.3. The zero-order valence-electron chi connectivity index (χ0n) is 9.25. The van der Waals surface area contributed by atoms with E-state index in [4.69, 9.17) is 4.84 Å². The Balaban J connectivity index is 2.33. The van der Waals surface area contributed by atoms with Gasteiger partial charge in [0.1, 0.15) is 0 Å². The highest BCUT2D eigenvalue weighted by molar-refractivity contribution is 8.13. The van der Waals surface area contributed by atoms with Gasteiger partial charge in [0.2, 0.25) is 11.8 Å². The van der Waals surface area contributed by atoms with E-state index < -0.39 is 5.97 Å². The van der Waals surface area contributed by atoms with Crippen molar-refractivity contribution in [3.63, 3.8) is 0 Å². The van der Waals surface area contributed by atoms with Crippen LogP contribution < -0.4 is 4.84 Å². The number of hydrogen-bond donors (Lipinski definition) is 2. The van der Waals surface area contributed by atoms with E-state index in [9.17, 15) is 19.8 Å². The summed E-state index contributed by atoms with van der Waals surface area (Å²) in [5.74, 6) is -0.757. The summed E-state index contributed by atoms with van der Waals surface area (Å²) in [5, 5.41) is 18.4. The maximum absolute atomic E-state index is 11.3. The molecule has 17 heavy (non-hydrogen) atoms. The maximum atomic E-state index is 11.3. The Kier molecular flexibility index (Phi) is 4.89. The van der Waals surface area contributed by atoms with E-state index in [1.54, 1.807) is 0 Å². The fraction of sp³-hybridized carbons (Fsp3) is 0.400. The summed E-state index contributed by atoms with van der Waals surface area (Å²) >= 11 is 1.14. The SMILES string of the molecule is CC(=O)SCCCC(=O)On1c(O)ccc1O. The minimum atomic E-state index is -0.587. The van der Waals surface area contributed by atoms with E-state index in [1.807, 2.05) is 0 Å². The van der Waals surface area contributed by atoms with Crippen LogP contribution in [0.5, 0.6) is 11.8 Å². The minimum Gasteiger partial charge on any atom is -0.492 e. The molecular weight excluding hydrogens is 246 g/mol. The second-order valence-electron chi connectivity index (χ2n) is 3.25. The summed E-state index contributed by atoms with van der Waals surface area (Å²) < 4.78 is 0.639. The van der Waals surface area contributed by atoms with Gasteiger partial charge in [-0.2, -0.15) is 0 Å². The van der Waals surface area contributed by atoms with Crippen molar-refractivity contribution in [2.24, 2.45) is 0 Å². The molecule has 1 rings (SSSR count). The molecule has 0 aromatic carbocycles. The van der Waals surface area contributed by atoms with E-state index in [0.717, 1.165) is 11.8 Å². The predicted molar refractivity (Wildman–Crippen MR) is 61.7 cm³/mol. The largest absolute Gasteiger partial charge is 0.492 e. The molecule has 0 amide bonds. The summed E-state index contributed by atoms with van der Waals surface area (Å²) in [6.07, 6.45) is 0.600. The first-order valence-electron chi connectivity index (χ1n) is 4.95. The number of carbonyl (C=O) groups excluding carboxylic acids is 2. The van der Waals surface area contributed by atoms with Crippen LogP contribution in [-0.4, -0.2) is 31.8 Å². The van der Waals surface area contributed by atoms with Gasteiger partial charge in [-0.05, 0) is 6.42 Å². The molecular formula is C10H13NO5S. The monoisotopic (exact) mass is 259 g/mol. The third kappa shape index (κ3) is 4.39. The molecule has 2 N–H and O–H groups in total. The van der Waals surface area contributed by atoms with Gasteiger partial charge in [0, 0.05) is 31.2 Å². The Bertz CT molecular complexity index is 395. The van der Waals surface area contributed by atoms with Gasteiger partial charge in [0.05, 0.1) is 0 Å². The predicted octanol–water partition coefficient (Wildman–Crippen LogP) is 0.914. The second-order valence-corrected chi connectivity index (χ2v) is 4.52. The van der Waals surface area contributed by atoms with Crippen LogP contribution in [0.1, 0.15) is 19.8 Å². The van der Waals surface area contributed by atoms with Crippen LogP contribution in [0, 0.1) is 0 Å². The summed E-state index contributed by atoms with van der Waals surface area (Å²) in [6.45, 7) is 1.46. The van der Waals surface area contributed by atoms with Crippen LogP contribution >= 0.6 is 11.8 Å². The van der Waals surface area contributed by atoms with Crippen molar-refractivity contribution in [1.82, 2.24) is 4.73 Å². The van der Waals surface area contributed by atoms with Crippen LogP contribution in [0.15, 0.2) is 12.1 Å². The zero-order chi connectivity index (χ0) is 12.8. The number of aromatic hydroxyl groups is 2. The van der Waals surface area contributed by atoms with Crippen molar-refractivity contribution in [2.45, 2.75) is 19.8 Å². The number of rotatable bonds is 5. The first kappa shape index (κ1) is 13.4. The number of carbonyl (C=O) groups is 2. The fourth-order valence-corrected chi connectivity index (χ4v) is 1.65. The Morgan fingerprint density at radius 2 is 1.94 bits per heavy atom. The molecule has 0 spiro atoms. The van der Waals surface area contributed by atoms with Gasteiger partial charge in [-0.25, -0.2) is 4.79 Å². The molecule has 0 aliphatic rings. The standard InChI is InChI=1S/C10H13NO5S/c1-7(12)17-6-2-3-10(15)16-11-8(13)4-5-9(11)14/h4-5,13-14H,2-3,6H2,1H3. The molecule has 1 heterocycles. The lowest BCUT2D eigenvalue weighted by Crippen LogP contribution is -2.18. The lowest BCUT2D eigenvalue weighted by Gasteiger charge is -2.06. The Labute approximate surface area is 102 Å². The highest BCUT2D eigenvalue weighted by atomic mass is 32.2. The van der Waals surface area contributed by atoms with Crippen molar-refractivity contribution in [3.05, 3.63) is 12.1 Å². The fourth-order valence-electron chi connectivity index (χ4n) is 1.08. The van der Waals surface area contributed by atoms with Crippen molar-refractivity contribution >= 4 is 22.8 Å². The highest BCUT2D eigenvalue weighted by Crippen LogP contribution is 2.18. The van der Waals surface area contributed by atoms with E-state index in [2.05, 4.69) is 0 Å². The van der Waals surface area contributed by atoms with Gasteiger partial charge >= 0.3 is 5.97 Å². The molecule has 0 aliphatic carbocycles. The van der Waals surface area contributed by atoms with Gasteiger partial charge < -0.3 is 15.1 Å². The molecule has 0 unspecified atom stereocenters. The van der Waals surface area contributed by atoms with E-state index in [1.165, 1.54) is 19.1 Å². The number of thioether (sulfide) groups is 1. The van der Waals surface area contributed by atoms with E-state index >= 15 is 0 Å². The van der Waals surface area contributed by atoms with Crippen LogP contribution in [0.3, 0.4) is 0 Å². The third-order valence-electron chi connectivity index (χ3n) is 1.82. The molecule has 0 radical (unpaired) electrons. The quantitative estimate of drug-likeness (QED) is 0.764. The first-order chi connectivity index (χ1) is 8.00. The summed E-state index contributed by atoms with van der Waals surface area (Å²) in [4.78, 5) is 26.6. The van der Waals surface area contributed by atoms with Crippen molar-refractivity contribution in [3.8, 4) is 11.8 Å². The zero-order valence-corrected chi connectivity index (χ0v) is 10.1. The second kappa shape index (κ2) is 6.19.